The zero-order valence-corrected chi connectivity index (χ0v) is 16.9. The minimum atomic E-state index is -0.506. The van der Waals surface area contributed by atoms with Crippen molar-refractivity contribution < 1.29 is 5.11 Å². The van der Waals surface area contributed by atoms with Gasteiger partial charge in [-0.3, -0.25) is 14.4 Å². The van der Waals surface area contributed by atoms with Crippen molar-refractivity contribution in [2.24, 2.45) is 4.99 Å². The van der Waals surface area contributed by atoms with Gasteiger partial charge in [0.05, 0.1) is 11.3 Å². The smallest absolute Gasteiger partial charge is 0.271 e. The fourth-order valence-corrected chi connectivity index (χ4v) is 3.19. The van der Waals surface area contributed by atoms with Gasteiger partial charge in [0.1, 0.15) is 11.6 Å². The Balaban J connectivity index is 2.02. The third-order valence-corrected chi connectivity index (χ3v) is 5.22. The number of nitrogens with zero attached hydrogens (tertiary/aromatic N) is 3. The summed E-state index contributed by atoms with van der Waals surface area (Å²) in [6, 6.07) is 17.0. The lowest BCUT2D eigenvalue weighted by molar-refractivity contribution is 0.404. The first-order valence-electron chi connectivity index (χ1n) is 9.13. The number of rotatable bonds is 5. The van der Waals surface area contributed by atoms with Crippen molar-refractivity contribution >= 4 is 23.5 Å². The van der Waals surface area contributed by atoms with E-state index in [-0.39, 0.29) is 18.0 Å². The Morgan fingerprint density at radius 1 is 1.21 bits per heavy atom. The van der Waals surface area contributed by atoms with E-state index in [4.69, 9.17) is 11.6 Å². The van der Waals surface area contributed by atoms with Crippen molar-refractivity contribution in [2.75, 3.05) is 0 Å². The fourth-order valence-electron chi connectivity index (χ4n) is 3.02. The number of hydrogen-bond donors (Lipinski definition) is 1. The molecule has 0 bridgehead atoms. The van der Waals surface area contributed by atoms with Crippen LogP contribution in [0.5, 0.6) is 5.88 Å². The van der Waals surface area contributed by atoms with Crippen molar-refractivity contribution in [1.29, 1.82) is 5.26 Å². The minimum absolute atomic E-state index is 0.000694. The molecule has 0 radical (unpaired) electrons. The first-order chi connectivity index (χ1) is 13.9. The molecular weight excluding hydrogens is 386 g/mol. The molecule has 0 unspecified atom stereocenters. The fraction of sp³-hybridized carbons (Fsp3) is 0.174. The zero-order valence-electron chi connectivity index (χ0n) is 16.2. The molecule has 6 heteroatoms. The highest BCUT2D eigenvalue weighted by Gasteiger charge is 2.18. The number of aliphatic imine (C=N–C) groups is 1. The standard InChI is InChI=1S/C23H20ClN3O2/c1-15-8-9-18(12-21(15)24)26-14-20-16(2)19(13-25)22(28)27(23(20)29)11-10-17-6-4-3-5-7-17/h3-9,12,14,29H,10-11H2,1-2H3. The molecule has 2 aromatic carbocycles. The predicted octanol–water partition coefficient (Wildman–Crippen LogP) is 4.69. The number of pyridine rings is 1. The van der Waals surface area contributed by atoms with Gasteiger partial charge in [-0.05, 0) is 49.1 Å². The molecule has 0 saturated carbocycles. The normalized spacial score (nSPS) is 11.0. The second-order valence-electron chi connectivity index (χ2n) is 6.73. The lowest BCUT2D eigenvalue weighted by atomic mass is 10.1. The minimum Gasteiger partial charge on any atom is -0.494 e. The highest BCUT2D eigenvalue weighted by molar-refractivity contribution is 6.31. The monoisotopic (exact) mass is 405 g/mol. The summed E-state index contributed by atoms with van der Waals surface area (Å²) in [5.74, 6) is -0.204. The van der Waals surface area contributed by atoms with Gasteiger partial charge >= 0.3 is 0 Å². The average molecular weight is 406 g/mol. The van der Waals surface area contributed by atoms with E-state index in [0.29, 0.717) is 28.3 Å². The number of aromatic hydroxyl groups is 1. The van der Waals surface area contributed by atoms with Crippen LogP contribution in [-0.4, -0.2) is 15.9 Å². The topological polar surface area (TPSA) is 78.4 Å². The SMILES string of the molecule is Cc1ccc(N=Cc2c(C)c(C#N)c(=O)n(CCc3ccccc3)c2O)cc1Cl. The highest BCUT2D eigenvalue weighted by atomic mass is 35.5. The summed E-state index contributed by atoms with van der Waals surface area (Å²) >= 11 is 6.14. The van der Waals surface area contributed by atoms with E-state index in [1.54, 1.807) is 19.1 Å². The third-order valence-electron chi connectivity index (χ3n) is 4.81. The maximum atomic E-state index is 12.7. The van der Waals surface area contributed by atoms with Crippen molar-refractivity contribution in [3.8, 4) is 11.9 Å². The Bertz CT molecular complexity index is 1180. The third kappa shape index (κ3) is 4.39. The molecule has 1 heterocycles. The maximum absolute atomic E-state index is 12.7. The van der Waals surface area contributed by atoms with E-state index in [0.717, 1.165) is 11.1 Å². The lowest BCUT2D eigenvalue weighted by Crippen LogP contribution is -2.26. The Labute approximate surface area is 174 Å². The molecule has 0 spiro atoms. The van der Waals surface area contributed by atoms with Crippen LogP contribution in [0.2, 0.25) is 5.02 Å². The van der Waals surface area contributed by atoms with Gasteiger partial charge in [-0.25, -0.2) is 0 Å². The molecule has 5 nitrogen and oxygen atoms in total. The van der Waals surface area contributed by atoms with E-state index in [1.807, 2.05) is 49.4 Å². The van der Waals surface area contributed by atoms with Crippen LogP contribution in [0.3, 0.4) is 0 Å². The van der Waals surface area contributed by atoms with Gasteiger partial charge < -0.3 is 5.11 Å². The Hall–Kier alpha value is -3.36. The van der Waals surface area contributed by atoms with Crippen LogP contribution in [0, 0.1) is 25.2 Å². The molecule has 0 saturated heterocycles. The van der Waals surface area contributed by atoms with Gasteiger partial charge in [0, 0.05) is 17.8 Å². The Morgan fingerprint density at radius 3 is 2.59 bits per heavy atom. The number of benzene rings is 2. The molecule has 3 rings (SSSR count). The van der Waals surface area contributed by atoms with Gasteiger partial charge in [0.25, 0.3) is 5.56 Å². The Kier molecular flexibility index (Phi) is 6.16. The van der Waals surface area contributed by atoms with Crippen LogP contribution in [0.1, 0.15) is 27.8 Å². The number of aryl methyl sites for hydroxylation is 2. The molecule has 1 aromatic heterocycles. The van der Waals surface area contributed by atoms with E-state index >= 15 is 0 Å². The second-order valence-corrected chi connectivity index (χ2v) is 7.14. The number of halogens is 1. The van der Waals surface area contributed by atoms with E-state index in [1.165, 1.54) is 10.8 Å². The molecule has 0 aliphatic carbocycles. The van der Waals surface area contributed by atoms with Gasteiger partial charge in [-0.1, -0.05) is 48.0 Å². The number of aromatic nitrogens is 1. The molecule has 0 aliphatic heterocycles. The van der Waals surface area contributed by atoms with Gasteiger partial charge in [-0.2, -0.15) is 5.26 Å². The summed E-state index contributed by atoms with van der Waals surface area (Å²) in [4.78, 5) is 17.1. The summed E-state index contributed by atoms with van der Waals surface area (Å²) in [6.45, 7) is 3.78. The lowest BCUT2D eigenvalue weighted by Gasteiger charge is -2.14. The summed E-state index contributed by atoms with van der Waals surface area (Å²) < 4.78 is 1.22. The molecule has 0 fully saturated rings. The van der Waals surface area contributed by atoms with Crippen LogP contribution in [0.25, 0.3) is 0 Å². The van der Waals surface area contributed by atoms with Crippen LogP contribution >= 0.6 is 11.6 Å². The van der Waals surface area contributed by atoms with Crippen LogP contribution in [-0.2, 0) is 13.0 Å². The second kappa shape index (κ2) is 8.76. The zero-order chi connectivity index (χ0) is 21.0. The van der Waals surface area contributed by atoms with E-state index in [9.17, 15) is 15.2 Å². The van der Waals surface area contributed by atoms with E-state index in [2.05, 4.69) is 4.99 Å². The molecule has 0 amide bonds. The van der Waals surface area contributed by atoms with Crippen LogP contribution in [0.15, 0.2) is 58.3 Å². The summed E-state index contributed by atoms with van der Waals surface area (Å²) in [6.07, 6.45) is 2.01. The first-order valence-corrected chi connectivity index (χ1v) is 9.50. The molecular formula is C23H20ClN3O2. The molecule has 0 aliphatic rings. The highest BCUT2D eigenvalue weighted by Crippen LogP contribution is 2.24. The quantitative estimate of drug-likeness (QED) is 0.625. The number of hydrogen-bond acceptors (Lipinski definition) is 4. The maximum Gasteiger partial charge on any atom is 0.271 e. The average Bonchev–Trinajstić information content (AvgIpc) is 2.71. The molecule has 29 heavy (non-hydrogen) atoms. The summed E-state index contributed by atoms with van der Waals surface area (Å²) in [7, 11) is 0. The summed E-state index contributed by atoms with van der Waals surface area (Å²) in [5.41, 5.74) is 2.81. The molecule has 0 atom stereocenters. The largest absolute Gasteiger partial charge is 0.494 e. The van der Waals surface area contributed by atoms with Gasteiger partial charge in [0.15, 0.2) is 0 Å². The van der Waals surface area contributed by atoms with Crippen molar-refractivity contribution in [3.05, 3.63) is 91.7 Å². The predicted molar refractivity (Wildman–Crippen MR) is 115 cm³/mol. The Morgan fingerprint density at radius 2 is 1.93 bits per heavy atom. The van der Waals surface area contributed by atoms with Gasteiger partial charge in [-0.15, -0.1) is 0 Å². The molecule has 146 valence electrons. The van der Waals surface area contributed by atoms with Crippen LogP contribution in [0.4, 0.5) is 5.69 Å². The van der Waals surface area contributed by atoms with E-state index < -0.39 is 5.56 Å². The molecule has 3 aromatic rings. The van der Waals surface area contributed by atoms with Crippen molar-refractivity contribution in [3.63, 3.8) is 0 Å². The number of nitriles is 1. The van der Waals surface area contributed by atoms with Crippen molar-refractivity contribution in [2.45, 2.75) is 26.8 Å². The first kappa shape index (κ1) is 20.4. The van der Waals surface area contributed by atoms with Crippen LogP contribution < -0.4 is 5.56 Å². The summed E-state index contributed by atoms with van der Waals surface area (Å²) in [5, 5.41) is 20.8. The molecule has 1 N–H and O–H groups in total. The van der Waals surface area contributed by atoms with Crippen molar-refractivity contribution in [1.82, 2.24) is 4.57 Å². The van der Waals surface area contributed by atoms with Gasteiger partial charge in [0.2, 0.25) is 5.88 Å².